The summed E-state index contributed by atoms with van der Waals surface area (Å²) >= 11 is 0. The van der Waals surface area contributed by atoms with Gasteiger partial charge in [-0.2, -0.15) is 0 Å². The van der Waals surface area contributed by atoms with Crippen LogP contribution in [0.3, 0.4) is 0 Å². The number of Topliss-reactive ketones (excluding diaryl/α,β-unsaturated/α-hetero) is 1. The van der Waals surface area contributed by atoms with Gasteiger partial charge in [0.05, 0.1) is 13.1 Å². The average Bonchev–Trinajstić information content (AvgIpc) is 2.67. The van der Waals surface area contributed by atoms with Crippen LogP contribution >= 0.6 is 0 Å². The highest BCUT2D eigenvalue weighted by molar-refractivity contribution is 5.88. The second kappa shape index (κ2) is 8.96. The van der Waals surface area contributed by atoms with Crippen molar-refractivity contribution in [3.63, 3.8) is 0 Å². The molecule has 0 saturated carbocycles. The fourth-order valence-electron chi connectivity index (χ4n) is 4.03. The molecule has 1 unspecified atom stereocenters. The van der Waals surface area contributed by atoms with Gasteiger partial charge < -0.3 is 10.2 Å². The zero-order valence-corrected chi connectivity index (χ0v) is 16.2. The largest absolute Gasteiger partial charge is 0.341 e. The number of nitrogens with one attached hydrogen (secondary N) is 2. The number of hydrogen-bond donors (Lipinski definition) is 2. The first-order valence-electron chi connectivity index (χ1n) is 9.78. The van der Waals surface area contributed by atoms with Crippen LogP contribution < -0.4 is 10.2 Å². The maximum absolute atomic E-state index is 12.6. The minimum atomic E-state index is -0.466. The predicted octanol–water partition coefficient (Wildman–Crippen LogP) is 1.90. The van der Waals surface area contributed by atoms with Crippen LogP contribution in [0.5, 0.6) is 0 Å². The van der Waals surface area contributed by atoms with Crippen LogP contribution in [0.4, 0.5) is 0 Å². The lowest BCUT2D eigenvalue weighted by Gasteiger charge is -2.30. The van der Waals surface area contributed by atoms with E-state index in [2.05, 4.69) is 36.6 Å². The molecule has 0 heterocycles. The van der Waals surface area contributed by atoms with Gasteiger partial charge >= 0.3 is 0 Å². The van der Waals surface area contributed by atoms with E-state index < -0.39 is 6.04 Å². The number of quaternary nitrogens is 1. The molecule has 3 rings (SSSR count). The molecule has 2 N–H and O–H groups in total. The zero-order valence-electron chi connectivity index (χ0n) is 16.2. The first-order valence-corrected chi connectivity index (χ1v) is 9.78. The van der Waals surface area contributed by atoms with Crippen LogP contribution in [-0.4, -0.2) is 31.3 Å². The molecule has 0 aromatic heterocycles. The second-order valence-corrected chi connectivity index (χ2v) is 7.59. The SMILES string of the molecule is CC(=O)[C@@H](Cc1ccccc1)NC(=O)C[NH+](C)[C@@H]1CCCc2ccccc21. The fraction of sp³-hybridized carbons (Fsp3) is 0.391. The Morgan fingerprint density at radius 3 is 2.56 bits per heavy atom. The number of carbonyl (C=O) groups excluding carboxylic acids is 2. The first kappa shape index (κ1) is 19.3. The number of aryl methyl sites for hydroxylation is 1. The van der Waals surface area contributed by atoms with E-state index >= 15 is 0 Å². The van der Waals surface area contributed by atoms with Crippen molar-refractivity contribution in [3.8, 4) is 0 Å². The summed E-state index contributed by atoms with van der Waals surface area (Å²) in [5, 5.41) is 2.95. The first-order chi connectivity index (χ1) is 13.0. The molecule has 2 aromatic rings. The summed E-state index contributed by atoms with van der Waals surface area (Å²) in [5.74, 6) is -0.0699. The van der Waals surface area contributed by atoms with Crippen LogP contribution in [0.25, 0.3) is 0 Å². The predicted molar refractivity (Wildman–Crippen MR) is 107 cm³/mol. The molecule has 3 atom stereocenters. The highest BCUT2D eigenvalue weighted by atomic mass is 16.2. The van der Waals surface area contributed by atoms with Crippen molar-refractivity contribution in [1.82, 2.24) is 5.32 Å². The molecule has 4 heteroatoms. The van der Waals surface area contributed by atoms with Gasteiger partial charge in [0.1, 0.15) is 6.04 Å². The Hall–Kier alpha value is -2.46. The fourth-order valence-corrected chi connectivity index (χ4v) is 4.03. The van der Waals surface area contributed by atoms with Crippen LogP contribution in [0.2, 0.25) is 0 Å². The van der Waals surface area contributed by atoms with E-state index in [4.69, 9.17) is 0 Å². The number of amides is 1. The number of hydrogen-bond acceptors (Lipinski definition) is 2. The van der Waals surface area contributed by atoms with Crippen molar-refractivity contribution in [2.75, 3.05) is 13.6 Å². The van der Waals surface area contributed by atoms with Gasteiger partial charge in [-0.3, -0.25) is 9.59 Å². The third kappa shape index (κ3) is 5.04. The maximum atomic E-state index is 12.6. The van der Waals surface area contributed by atoms with E-state index in [9.17, 15) is 9.59 Å². The van der Waals surface area contributed by atoms with E-state index in [0.717, 1.165) is 24.8 Å². The average molecular weight is 365 g/mol. The third-order valence-electron chi connectivity index (χ3n) is 5.51. The Kier molecular flexibility index (Phi) is 6.40. The number of likely N-dealkylation sites (N-methyl/N-ethyl adjacent to an activating group) is 1. The summed E-state index contributed by atoms with van der Waals surface area (Å²) in [6, 6.07) is 18.2. The van der Waals surface area contributed by atoms with E-state index in [1.54, 1.807) is 6.92 Å². The number of benzene rings is 2. The normalized spacial score (nSPS) is 18.2. The number of carbonyl (C=O) groups is 2. The monoisotopic (exact) mass is 365 g/mol. The third-order valence-corrected chi connectivity index (χ3v) is 5.51. The summed E-state index contributed by atoms with van der Waals surface area (Å²) in [7, 11) is 2.08. The van der Waals surface area contributed by atoms with Crippen molar-refractivity contribution in [1.29, 1.82) is 0 Å². The lowest BCUT2D eigenvalue weighted by atomic mass is 9.87. The van der Waals surface area contributed by atoms with Gasteiger partial charge in [-0.1, -0.05) is 54.6 Å². The van der Waals surface area contributed by atoms with Crippen LogP contribution in [0.15, 0.2) is 54.6 Å². The van der Waals surface area contributed by atoms with Gasteiger partial charge in [0, 0.05) is 12.0 Å². The van der Waals surface area contributed by atoms with Crippen molar-refractivity contribution in [3.05, 3.63) is 71.3 Å². The summed E-state index contributed by atoms with van der Waals surface area (Å²) in [5.41, 5.74) is 3.82. The Bertz CT molecular complexity index is 788. The van der Waals surface area contributed by atoms with E-state index in [1.807, 2.05) is 30.3 Å². The zero-order chi connectivity index (χ0) is 19.2. The van der Waals surface area contributed by atoms with Crippen LogP contribution in [0.1, 0.15) is 42.5 Å². The molecule has 142 valence electrons. The van der Waals surface area contributed by atoms with Gasteiger partial charge in [-0.05, 0) is 37.3 Å². The number of ketones is 1. The van der Waals surface area contributed by atoms with Crippen molar-refractivity contribution >= 4 is 11.7 Å². The molecule has 1 aliphatic rings. The molecule has 0 saturated heterocycles. The Morgan fingerprint density at radius 1 is 1.11 bits per heavy atom. The molecule has 27 heavy (non-hydrogen) atoms. The van der Waals surface area contributed by atoms with Crippen molar-refractivity contribution < 1.29 is 14.5 Å². The Balaban J connectivity index is 1.61. The van der Waals surface area contributed by atoms with E-state index in [1.165, 1.54) is 16.0 Å². The highest BCUT2D eigenvalue weighted by Gasteiger charge is 2.28. The van der Waals surface area contributed by atoms with E-state index in [0.29, 0.717) is 19.0 Å². The minimum absolute atomic E-state index is 0.00660. The topological polar surface area (TPSA) is 50.6 Å². The van der Waals surface area contributed by atoms with Crippen molar-refractivity contribution in [2.45, 2.75) is 44.7 Å². The van der Waals surface area contributed by atoms with Gasteiger partial charge in [-0.25, -0.2) is 0 Å². The molecule has 1 amide bonds. The van der Waals surface area contributed by atoms with Gasteiger partial charge in [0.15, 0.2) is 12.3 Å². The molecular weight excluding hydrogens is 336 g/mol. The quantitative estimate of drug-likeness (QED) is 0.787. The lowest BCUT2D eigenvalue weighted by Crippen LogP contribution is -3.10. The molecule has 2 aromatic carbocycles. The molecule has 0 aliphatic heterocycles. The van der Waals surface area contributed by atoms with Crippen molar-refractivity contribution in [2.24, 2.45) is 0 Å². The summed E-state index contributed by atoms with van der Waals surface area (Å²) < 4.78 is 0. The smallest absolute Gasteiger partial charge is 0.275 e. The van der Waals surface area contributed by atoms with Crippen LogP contribution in [-0.2, 0) is 22.4 Å². The molecule has 0 radical (unpaired) electrons. The Labute approximate surface area is 161 Å². The van der Waals surface area contributed by atoms with Gasteiger partial charge in [0.25, 0.3) is 5.91 Å². The van der Waals surface area contributed by atoms with Crippen LogP contribution in [0, 0.1) is 0 Å². The Morgan fingerprint density at radius 2 is 1.81 bits per heavy atom. The molecule has 1 aliphatic carbocycles. The van der Waals surface area contributed by atoms with Gasteiger partial charge in [0.2, 0.25) is 0 Å². The number of rotatable bonds is 7. The molecule has 0 spiro atoms. The second-order valence-electron chi connectivity index (χ2n) is 7.59. The molecule has 0 bridgehead atoms. The highest BCUT2D eigenvalue weighted by Crippen LogP contribution is 2.27. The summed E-state index contributed by atoms with van der Waals surface area (Å²) in [6.07, 6.45) is 3.91. The van der Waals surface area contributed by atoms with Gasteiger partial charge in [-0.15, -0.1) is 0 Å². The lowest BCUT2D eigenvalue weighted by molar-refractivity contribution is -0.905. The maximum Gasteiger partial charge on any atom is 0.275 e. The molecule has 4 nitrogen and oxygen atoms in total. The summed E-state index contributed by atoms with van der Waals surface area (Å²) in [6.45, 7) is 1.92. The number of fused-ring (bicyclic) bond motifs is 1. The minimum Gasteiger partial charge on any atom is -0.341 e. The van der Waals surface area contributed by atoms with E-state index in [-0.39, 0.29) is 11.7 Å². The molecular formula is C23H29N2O2+. The standard InChI is InChI=1S/C23H28N2O2/c1-17(26)21(15-18-9-4-3-5-10-18)24-23(27)16-25(2)22-14-8-12-19-11-6-7-13-20(19)22/h3-7,9-11,13,21-22H,8,12,14-16H2,1-2H3,(H,24,27)/p+1/t21-,22-/m1/s1. The molecule has 0 fully saturated rings. The summed E-state index contributed by atoms with van der Waals surface area (Å²) in [4.78, 5) is 25.8.